The van der Waals surface area contributed by atoms with Gasteiger partial charge in [0.15, 0.2) is 0 Å². The highest BCUT2D eigenvalue weighted by atomic mass is 79.9. The molecule has 0 fully saturated rings. The third kappa shape index (κ3) is 3.93. The molecule has 0 saturated carbocycles. The first-order valence-corrected chi connectivity index (χ1v) is 8.92. The van der Waals surface area contributed by atoms with Crippen LogP contribution in [0, 0.1) is 13.8 Å². The van der Waals surface area contributed by atoms with Crippen LogP contribution < -0.4 is 4.72 Å². The molecule has 0 bridgehead atoms. The zero-order chi connectivity index (χ0) is 15.6. The number of rotatable bonds is 4. The quantitative estimate of drug-likeness (QED) is 0.883. The average Bonchev–Trinajstić information content (AvgIpc) is 2.41. The number of aryl methyl sites for hydroxylation is 2. The Morgan fingerprint density at radius 3 is 2.29 bits per heavy atom. The fourth-order valence-corrected chi connectivity index (χ4v) is 3.94. The first kappa shape index (κ1) is 16.2. The molecule has 0 unspecified atom stereocenters. The number of halogens is 1. The first-order valence-electron chi connectivity index (χ1n) is 6.64. The molecule has 0 aliphatic carbocycles. The lowest BCUT2D eigenvalue weighted by Crippen LogP contribution is -2.27. The van der Waals surface area contributed by atoms with Crippen LogP contribution in [0.15, 0.2) is 51.8 Å². The summed E-state index contributed by atoms with van der Waals surface area (Å²) in [5.41, 5.74) is 2.60. The van der Waals surface area contributed by atoms with E-state index in [2.05, 4.69) is 20.7 Å². The van der Waals surface area contributed by atoms with E-state index in [4.69, 9.17) is 0 Å². The van der Waals surface area contributed by atoms with Gasteiger partial charge in [0, 0.05) is 10.5 Å². The Labute approximate surface area is 134 Å². The van der Waals surface area contributed by atoms with Crippen molar-refractivity contribution < 1.29 is 8.42 Å². The number of benzene rings is 2. The van der Waals surface area contributed by atoms with Gasteiger partial charge in [-0.3, -0.25) is 0 Å². The van der Waals surface area contributed by atoms with Gasteiger partial charge in [0.1, 0.15) is 0 Å². The summed E-state index contributed by atoms with van der Waals surface area (Å²) in [5, 5.41) is 0. The minimum Gasteiger partial charge on any atom is -0.207 e. The molecule has 112 valence electrons. The minimum atomic E-state index is -3.53. The largest absolute Gasteiger partial charge is 0.241 e. The smallest absolute Gasteiger partial charge is 0.207 e. The van der Waals surface area contributed by atoms with Crippen LogP contribution in [0.2, 0.25) is 0 Å². The van der Waals surface area contributed by atoms with Crippen molar-refractivity contribution in [2.24, 2.45) is 0 Å². The molecule has 2 aromatic carbocycles. The van der Waals surface area contributed by atoms with E-state index in [-0.39, 0.29) is 6.04 Å². The van der Waals surface area contributed by atoms with Gasteiger partial charge in [-0.1, -0.05) is 40.2 Å². The molecule has 0 radical (unpaired) electrons. The highest BCUT2D eigenvalue weighted by Gasteiger charge is 2.20. The van der Waals surface area contributed by atoms with Crippen LogP contribution in [-0.2, 0) is 10.0 Å². The monoisotopic (exact) mass is 367 g/mol. The van der Waals surface area contributed by atoms with Crippen molar-refractivity contribution in [3.8, 4) is 0 Å². The summed E-state index contributed by atoms with van der Waals surface area (Å²) < 4.78 is 28.8. The Kier molecular flexibility index (Phi) is 4.86. The Morgan fingerprint density at radius 2 is 1.67 bits per heavy atom. The van der Waals surface area contributed by atoms with E-state index >= 15 is 0 Å². The predicted molar refractivity (Wildman–Crippen MR) is 88.8 cm³/mol. The SMILES string of the molecule is Cc1ccc(C)c(S(=O)(=O)N[C@H](C)c2ccc(Br)cc2)c1. The van der Waals surface area contributed by atoms with Gasteiger partial charge in [-0.05, 0) is 55.7 Å². The second kappa shape index (κ2) is 6.30. The highest BCUT2D eigenvalue weighted by Crippen LogP contribution is 2.21. The standard InChI is InChI=1S/C16H18BrNO2S/c1-11-4-5-12(2)16(10-11)21(19,20)18-13(3)14-6-8-15(17)9-7-14/h4-10,13,18H,1-3H3/t13-/m1/s1. The zero-order valence-corrected chi connectivity index (χ0v) is 14.6. The van der Waals surface area contributed by atoms with E-state index in [0.717, 1.165) is 21.2 Å². The lowest BCUT2D eigenvalue weighted by molar-refractivity contribution is 0.566. The van der Waals surface area contributed by atoms with Crippen LogP contribution in [0.3, 0.4) is 0 Å². The van der Waals surface area contributed by atoms with E-state index in [1.165, 1.54) is 0 Å². The maximum Gasteiger partial charge on any atom is 0.241 e. The van der Waals surface area contributed by atoms with Crippen molar-refractivity contribution in [1.82, 2.24) is 4.72 Å². The normalized spacial score (nSPS) is 13.1. The number of hydrogen-bond donors (Lipinski definition) is 1. The van der Waals surface area contributed by atoms with Crippen molar-refractivity contribution in [2.45, 2.75) is 31.7 Å². The molecule has 0 aliphatic rings. The van der Waals surface area contributed by atoms with Crippen LogP contribution in [0.5, 0.6) is 0 Å². The fourth-order valence-electron chi connectivity index (χ4n) is 2.11. The maximum absolute atomic E-state index is 12.5. The van der Waals surface area contributed by atoms with Gasteiger partial charge < -0.3 is 0 Å². The molecule has 2 rings (SSSR count). The average molecular weight is 368 g/mol. The van der Waals surface area contributed by atoms with Gasteiger partial charge in [0.05, 0.1) is 4.90 Å². The van der Waals surface area contributed by atoms with Crippen molar-refractivity contribution in [2.75, 3.05) is 0 Å². The van der Waals surface area contributed by atoms with E-state index in [1.54, 1.807) is 13.0 Å². The summed E-state index contributed by atoms with van der Waals surface area (Å²) in [4.78, 5) is 0.339. The topological polar surface area (TPSA) is 46.2 Å². The lowest BCUT2D eigenvalue weighted by atomic mass is 10.1. The molecule has 5 heteroatoms. The molecule has 1 atom stereocenters. The second-order valence-electron chi connectivity index (χ2n) is 5.16. The van der Waals surface area contributed by atoms with Crippen LogP contribution in [0.25, 0.3) is 0 Å². The van der Waals surface area contributed by atoms with Gasteiger partial charge >= 0.3 is 0 Å². The van der Waals surface area contributed by atoms with Gasteiger partial charge in [0.25, 0.3) is 0 Å². The summed E-state index contributed by atoms with van der Waals surface area (Å²) >= 11 is 3.37. The number of nitrogens with one attached hydrogen (secondary N) is 1. The van der Waals surface area contributed by atoms with E-state index in [9.17, 15) is 8.42 Å². The molecule has 0 aromatic heterocycles. The maximum atomic E-state index is 12.5. The molecule has 3 nitrogen and oxygen atoms in total. The zero-order valence-electron chi connectivity index (χ0n) is 12.2. The molecule has 0 spiro atoms. The molecule has 1 N–H and O–H groups in total. The molecule has 21 heavy (non-hydrogen) atoms. The number of hydrogen-bond acceptors (Lipinski definition) is 2. The first-order chi connectivity index (χ1) is 9.79. The summed E-state index contributed by atoms with van der Waals surface area (Å²) in [5.74, 6) is 0. The molecular weight excluding hydrogens is 350 g/mol. The van der Waals surface area contributed by atoms with Crippen LogP contribution in [0.4, 0.5) is 0 Å². The van der Waals surface area contributed by atoms with E-state index in [0.29, 0.717) is 4.90 Å². The summed E-state index contributed by atoms with van der Waals surface area (Å²) in [7, 11) is -3.53. The van der Waals surface area contributed by atoms with Crippen LogP contribution >= 0.6 is 15.9 Å². The Bertz CT molecular complexity index is 739. The van der Waals surface area contributed by atoms with E-state index in [1.807, 2.05) is 50.2 Å². The molecule has 0 heterocycles. The molecule has 0 aliphatic heterocycles. The minimum absolute atomic E-state index is 0.289. The molecular formula is C16H18BrNO2S. The second-order valence-corrected chi connectivity index (χ2v) is 7.76. The Hall–Kier alpha value is -1.17. The third-order valence-corrected chi connectivity index (χ3v) is 5.55. The molecule has 2 aromatic rings. The summed E-state index contributed by atoms with van der Waals surface area (Å²) in [6.45, 7) is 5.53. The predicted octanol–water partition coefficient (Wildman–Crippen LogP) is 4.11. The van der Waals surface area contributed by atoms with Crippen molar-refractivity contribution in [3.05, 3.63) is 63.6 Å². The van der Waals surface area contributed by atoms with Gasteiger partial charge in [-0.2, -0.15) is 0 Å². The van der Waals surface area contributed by atoms with E-state index < -0.39 is 10.0 Å². The van der Waals surface area contributed by atoms with Gasteiger partial charge in [-0.15, -0.1) is 0 Å². The highest BCUT2D eigenvalue weighted by molar-refractivity contribution is 9.10. The molecule has 0 amide bonds. The number of sulfonamides is 1. The van der Waals surface area contributed by atoms with Crippen molar-refractivity contribution >= 4 is 26.0 Å². The summed E-state index contributed by atoms with van der Waals surface area (Å²) in [6.07, 6.45) is 0. The fraction of sp³-hybridized carbons (Fsp3) is 0.250. The van der Waals surface area contributed by atoms with Gasteiger partial charge in [0.2, 0.25) is 10.0 Å². The van der Waals surface area contributed by atoms with Gasteiger partial charge in [-0.25, -0.2) is 13.1 Å². The van der Waals surface area contributed by atoms with Crippen molar-refractivity contribution in [1.29, 1.82) is 0 Å². The third-order valence-electron chi connectivity index (χ3n) is 3.34. The van der Waals surface area contributed by atoms with Crippen LogP contribution in [-0.4, -0.2) is 8.42 Å². The molecule has 0 saturated heterocycles. The van der Waals surface area contributed by atoms with Crippen molar-refractivity contribution in [3.63, 3.8) is 0 Å². The van der Waals surface area contributed by atoms with Crippen LogP contribution in [0.1, 0.15) is 29.7 Å². The Morgan fingerprint density at radius 1 is 1.05 bits per heavy atom. The Balaban J connectivity index is 2.28. The summed E-state index contributed by atoms with van der Waals surface area (Å²) in [6, 6.07) is 12.8. The lowest BCUT2D eigenvalue weighted by Gasteiger charge is -2.16.